The van der Waals surface area contributed by atoms with Crippen molar-refractivity contribution in [2.24, 2.45) is 0 Å². The van der Waals surface area contributed by atoms with Gasteiger partial charge in [0, 0.05) is 24.4 Å². The third-order valence-electron chi connectivity index (χ3n) is 8.36. The zero-order valence-corrected chi connectivity index (χ0v) is 21.7. The Morgan fingerprint density at radius 1 is 1.03 bits per heavy atom. The summed E-state index contributed by atoms with van der Waals surface area (Å²) >= 11 is 0. The van der Waals surface area contributed by atoms with E-state index in [1.807, 2.05) is 34.6 Å². The topological polar surface area (TPSA) is 92.7 Å². The fraction of sp³-hybridized carbons (Fsp3) is 0.607. The molecular weight excluding hydrogens is 456 g/mol. The van der Waals surface area contributed by atoms with E-state index in [2.05, 4.69) is 10.6 Å². The minimum Gasteiger partial charge on any atom is -0.497 e. The highest BCUT2D eigenvalue weighted by atomic mass is 16.5. The molecule has 0 radical (unpaired) electrons. The summed E-state index contributed by atoms with van der Waals surface area (Å²) in [6, 6.07) is 5.77. The maximum atomic E-state index is 14.4. The second-order valence-electron chi connectivity index (χ2n) is 10.9. The van der Waals surface area contributed by atoms with Gasteiger partial charge >= 0.3 is 0 Å². The first-order chi connectivity index (χ1) is 17.3. The van der Waals surface area contributed by atoms with E-state index in [4.69, 9.17) is 4.74 Å². The van der Waals surface area contributed by atoms with Crippen molar-refractivity contribution < 1.29 is 19.1 Å². The molecule has 194 valence electrons. The smallest absolute Gasteiger partial charge is 0.273 e. The summed E-state index contributed by atoms with van der Waals surface area (Å²) in [5, 5.41) is 6.98. The van der Waals surface area contributed by atoms with Crippen LogP contribution in [0.25, 0.3) is 10.9 Å². The van der Waals surface area contributed by atoms with E-state index in [0.717, 1.165) is 68.7 Å². The van der Waals surface area contributed by atoms with E-state index in [1.165, 1.54) is 13.3 Å². The van der Waals surface area contributed by atoms with Gasteiger partial charge in [-0.2, -0.15) is 0 Å². The quantitative estimate of drug-likeness (QED) is 0.635. The zero-order valence-electron chi connectivity index (χ0n) is 21.7. The highest BCUT2D eigenvalue weighted by molar-refractivity contribution is 6.14. The maximum absolute atomic E-state index is 14.4. The predicted molar refractivity (Wildman–Crippen MR) is 139 cm³/mol. The standard InChI is InChI=1S/C28H38N4O4/c1-18(33)29-24-22-16-21(36-3)14-15-23(22)31-17-28(2,27(35)30-19-10-6-4-7-11-19)32(26(34)25(24)31)20-12-8-5-9-13-20/h14-16,19-20H,4-13,17H2,1-3H3,(H,29,33)(H,30,35)/t28-/m1/s1. The SMILES string of the molecule is COc1ccc2c(c1)c(NC(C)=O)c1n2C[C@](C)(C(=O)NC2CCCCC2)N(C2CCCCC2)C1=O. The first-order valence-corrected chi connectivity index (χ1v) is 13.5. The van der Waals surface area contributed by atoms with Gasteiger partial charge in [0.1, 0.15) is 17.0 Å². The number of nitrogens with one attached hydrogen (secondary N) is 2. The Morgan fingerprint density at radius 3 is 2.33 bits per heavy atom. The molecule has 0 bridgehead atoms. The summed E-state index contributed by atoms with van der Waals surface area (Å²) in [4.78, 5) is 42.5. The normalized spacial score (nSPS) is 23.4. The Labute approximate surface area is 212 Å². The van der Waals surface area contributed by atoms with Crippen molar-refractivity contribution in [1.82, 2.24) is 14.8 Å². The van der Waals surface area contributed by atoms with E-state index >= 15 is 0 Å². The highest BCUT2D eigenvalue weighted by Gasteiger charge is 2.51. The summed E-state index contributed by atoms with van der Waals surface area (Å²) < 4.78 is 7.37. The number of rotatable bonds is 5. The average Bonchev–Trinajstić information content (AvgIpc) is 3.17. The summed E-state index contributed by atoms with van der Waals surface area (Å²) in [6.45, 7) is 3.71. The van der Waals surface area contributed by atoms with Crippen molar-refractivity contribution in [3.63, 3.8) is 0 Å². The molecule has 2 fully saturated rings. The highest BCUT2D eigenvalue weighted by Crippen LogP contribution is 2.42. The Bertz CT molecular complexity index is 1180. The lowest BCUT2D eigenvalue weighted by Crippen LogP contribution is -2.67. The summed E-state index contributed by atoms with van der Waals surface area (Å²) in [7, 11) is 1.60. The van der Waals surface area contributed by atoms with Crippen LogP contribution in [0.1, 0.15) is 88.5 Å². The summed E-state index contributed by atoms with van der Waals surface area (Å²) in [5.41, 5.74) is 0.727. The van der Waals surface area contributed by atoms with Crippen LogP contribution in [0.15, 0.2) is 18.2 Å². The minimum absolute atomic E-state index is 0.000155. The molecule has 1 aromatic carbocycles. The Morgan fingerprint density at radius 2 is 1.69 bits per heavy atom. The van der Waals surface area contributed by atoms with Gasteiger partial charge in [0.25, 0.3) is 5.91 Å². The monoisotopic (exact) mass is 494 g/mol. The predicted octanol–water partition coefficient (Wildman–Crippen LogP) is 4.60. The van der Waals surface area contributed by atoms with Crippen molar-refractivity contribution in [3.8, 4) is 5.75 Å². The van der Waals surface area contributed by atoms with Crippen molar-refractivity contribution in [1.29, 1.82) is 0 Å². The van der Waals surface area contributed by atoms with Gasteiger partial charge in [-0.05, 0) is 50.8 Å². The number of aromatic nitrogens is 1. The van der Waals surface area contributed by atoms with Gasteiger partial charge in [-0.15, -0.1) is 0 Å². The van der Waals surface area contributed by atoms with Crippen LogP contribution >= 0.6 is 0 Å². The van der Waals surface area contributed by atoms with Crippen molar-refractivity contribution in [2.75, 3.05) is 12.4 Å². The number of anilines is 1. The van der Waals surface area contributed by atoms with Crippen LogP contribution in [0, 0.1) is 0 Å². The molecule has 1 aromatic heterocycles. The van der Waals surface area contributed by atoms with Crippen LogP contribution in [0.5, 0.6) is 5.75 Å². The van der Waals surface area contributed by atoms with Gasteiger partial charge in [-0.3, -0.25) is 14.4 Å². The van der Waals surface area contributed by atoms with E-state index in [-0.39, 0.29) is 29.8 Å². The number of carbonyl (C=O) groups excluding carboxylic acids is 3. The third kappa shape index (κ3) is 4.24. The molecule has 0 spiro atoms. The molecule has 2 aliphatic carbocycles. The molecule has 3 aliphatic rings. The van der Waals surface area contributed by atoms with Crippen molar-refractivity contribution in [2.45, 2.75) is 102 Å². The largest absolute Gasteiger partial charge is 0.497 e. The molecule has 36 heavy (non-hydrogen) atoms. The minimum atomic E-state index is -1.02. The Balaban J connectivity index is 1.64. The van der Waals surface area contributed by atoms with E-state index in [1.54, 1.807) is 7.11 Å². The van der Waals surface area contributed by atoms with Gasteiger partial charge in [0.05, 0.1) is 24.9 Å². The number of benzene rings is 1. The van der Waals surface area contributed by atoms with Crippen LogP contribution < -0.4 is 15.4 Å². The number of ether oxygens (including phenoxy) is 1. The average molecular weight is 495 g/mol. The molecule has 2 saturated carbocycles. The molecule has 2 aromatic rings. The molecule has 0 saturated heterocycles. The van der Waals surface area contributed by atoms with E-state index in [9.17, 15) is 14.4 Å². The number of carbonyl (C=O) groups is 3. The second-order valence-corrected chi connectivity index (χ2v) is 10.9. The Hall–Kier alpha value is -3.03. The first-order valence-electron chi connectivity index (χ1n) is 13.5. The number of methoxy groups -OCH3 is 1. The summed E-state index contributed by atoms with van der Waals surface area (Å²) in [6.07, 6.45) is 10.5. The number of amides is 3. The Kier molecular flexibility index (Phi) is 6.70. The van der Waals surface area contributed by atoms with E-state index < -0.39 is 5.54 Å². The van der Waals surface area contributed by atoms with Crippen molar-refractivity contribution >= 4 is 34.3 Å². The zero-order chi connectivity index (χ0) is 25.4. The van der Waals surface area contributed by atoms with Crippen LogP contribution in [-0.2, 0) is 16.1 Å². The molecule has 3 amide bonds. The molecule has 1 atom stereocenters. The molecule has 8 nitrogen and oxygen atoms in total. The number of hydrogen-bond acceptors (Lipinski definition) is 4. The third-order valence-corrected chi connectivity index (χ3v) is 8.36. The molecule has 1 aliphatic heterocycles. The lowest BCUT2D eigenvalue weighted by molar-refractivity contribution is -0.135. The van der Waals surface area contributed by atoms with Crippen molar-refractivity contribution in [3.05, 3.63) is 23.9 Å². The van der Waals surface area contributed by atoms with Gasteiger partial charge in [-0.25, -0.2) is 0 Å². The first kappa shape index (κ1) is 24.7. The molecule has 2 N–H and O–H groups in total. The van der Waals surface area contributed by atoms with Gasteiger partial charge in [0.2, 0.25) is 11.8 Å². The fourth-order valence-corrected chi connectivity index (χ4v) is 6.55. The lowest BCUT2D eigenvalue weighted by Gasteiger charge is -2.49. The van der Waals surface area contributed by atoms with Crippen LogP contribution in [0.2, 0.25) is 0 Å². The molecule has 8 heteroatoms. The van der Waals surface area contributed by atoms with Gasteiger partial charge in [0.15, 0.2) is 0 Å². The lowest BCUT2D eigenvalue weighted by atomic mass is 9.86. The number of hydrogen-bond donors (Lipinski definition) is 2. The van der Waals surface area contributed by atoms with Crippen LogP contribution in [0.3, 0.4) is 0 Å². The maximum Gasteiger partial charge on any atom is 0.273 e. The molecule has 2 heterocycles. The molecule has 5 rings (SSSR count). The van der Waals surface area contributed by atoms with Crippen LogP contribution in [0.4, 0.5) is 5.69 Å². The fourth-order valence-electron chi connectivity index (χ4n) is 6.55. The second kappa shape index (κ2) is 9.79. The van der Waals surface area contributed by atoms with Gasteiger partial charge in [-0.1, -0.05) is 38.5 Å². The molecular formula is C28H38N4O4. The van der Waals surface area contributed by atoms with E-state index in [0.29, 0.717) is 23.7 Å². The summed E-state index contributed by atoms with van der Waals surface area (Å²) in [5.74, 6) is 0.142. The number of fused-ring (bicyclic) bond motifs is 3. The number of nitrogens with zero attached hydrogens (tertiary/aromatic N) is 2. The van der Waals surface area contributed by atoms with Crippen LogP contribution in [-0.4, -0.2) is 51.9 Å². The molecule has 0 unspecified atom stereocenters. The van der Waals surface area contributed by atoms with Gasteiger partial charge < -0.3 is 24.8 Å².